The van der Waals surface area contributed by atoms with Crippen molar-refractivity contribution in [2.75, 3.05) is 11.1 Å². The van der Waals surface area contributed by atoms with Crippen LogP contribution in [0.5, 0.6) is 0 Å². The lowest BCUT2D eigenvalue weighted by Crippen LogP contribution is -2.13. The molecule has 20 heavy (non-hydrogen) atoms. The largest absolute Gasteiger partial charge is 0.398 e. The maximum Gasteiger partial charge on any atom is 0.255 e. The average Bonchev–Trinajstić information content (AvgIpc) is 2.36. The number of anilines is 2. The van der Waals surface area contributed by atoms with E-state index < -0.39 is 11.7 Å². The van der Waals surface area contributed by atoms with Crippen LogP contribution in [0.25, 0.3) is 0 Å². The monoisotopic (exact) mass is 312 g/mol. The predicted octanol–water partition coefficient (Wildman–Crippen LogP) is 4.28. The summed E-state index contributed by atoms with van der Waals surface area (Å²) in [6, 6.07) is 7.07. The van der Waals surface area contributed by atoms with Crippen molar-refractivity contribution in [1.29, 1.82) is 0 Å². The van der Waals surface area contributed by atoms with Crippen LogP contribution >= 0.6 is 23.2 Å². The second-order valence-electron chi connectivity index (χ2n) is 4.27. The smallest absolute Gasteiger partial charge is 0.255 e. The molecule has 3 nitrogen and oxygen atoms in total. The molecule has 0 unspecified atom stereocenters. The van der Waals surface area contributed by atoms with Crippen LogP contribution in [0.15, 0.2) is 30.3 Å². The molecule has 0 aliphatic heterocycles. The molecule has 1 amide bonds. The Labute approximate surface area is 125 Å². The first kappa shape index (κ1) is 14.6. The number of benzene rings is 2. The topological polar surface area (TPSA) is 55.1 Å². The molecule has 2 aromatic carbocycles. The van der Waals surface area contributed by atoms with E-state index in [2.05, 4.69) is 5.32 Å². The maximum atomic E-state index is 13.1. The first-order valence-electron chi connectivity index (χ1n) is 5.70. The molecular weight excluding hydrogens is 302 g/mol. The summed E-state index contributed by atoms with van der Waals surface area (Å²) < 4.78 is 13.1. The van der Waals surface area contributed by atoms with E-state index in [4.69, 9.17) is 28.9 Å². The highest BCUT2D eigenvalue weighted by Gasteiger charge is 2.13. The van der Waals surface area contributed by atoms with Gasteiger partial charge in [-0.3, -0.25) is 4.79 Å². The van der Waals surface area contributed by atoms with Gasteiger partial charge in [0.15, 0.2) is 0 Å². The Kier molecular flexibility index (Phi) is 4.16. The van der Waals surface area contributed by atoms with Gasteiger partial charge in [-0.05, 0) is 36.8 Å². The number of carbonyl (C=O) groups is 1. The summed E-state index contributed by atoms with van der Waals surface area (Å²) >= 11 is 11.7. The Morgan fingerprint density at radius 2 is 1.80 bits per heavy atom. The molecule has 0 bridgehead atoms. The minimum Gasteiger partial charge on any atom is -0.398 e. The Hall–Kier alpha value is -1.78. The Balaban J connectivity index is 2.30. The van der Waals surface area contributed by atoms with Gasteiger partial charge in [-0.2, -0.15) is 0 Å². The summed E-state index contributed by atoms with van der Waals surface area (Å²) in [7, 11) is 0. The fourth-order valence-corrected chi connectivity index (χ4v) is 2.18. The SMILES string of the molecule is Cc1ccc(C(=O)Nc2c(Cl)cc(F)cc2Cl)cc1N. The maximum absolute atomic E-state index is 13.1. The summed E-state index contributed by atoms with van der Waals surface area (Å²) in [5.74, 6) is -0.996. The van der Waals surface area contributed by atoms with Crippen molar-refractivity contribution in [2.24, 2.45) is 0 Å². The highest BCUT2D eigenvalue weighted by atomic mass is 35.5. The minimum absolute atomic E-state index is 0.0310. The number of aryl methyl sites for hydroxylation is 1. The Bertz CT molecular complexity index is 666. The average molecular weight is 313 g/mol. The molecule has 0 saturated heterocycles. The van der Waals surface area contributed by atoms with E-state index in [1.807, 2.05) is 6.92 Å². The molecule has 104 valence electrons. The number of nitrogens with two attached hydrogens (primary N) is 1. The normalized spacial score (nSPS) is 10.4. The number of nitrogen functional groups attached to an aromatic ring is 1. The third-order valence-electron chi connectivity index (χ3n) is 2.79. The zero-order valence-electron chi connectivity index (χ0n) is 10.5. The van der Waals surface area contributed by atoms with Crippen molar-refractivity contribution in [3.63, 3.8) is 0 Å². The third-order valence-corrected chi connectivity index (χ3v) is 3.38. The standard InChI is InChI=1S/C14H11Cl2FN2O/c1-7-2-3-8(4-12(7)18)14(20)19-13-10(15)5-9(17)6-11(13)16/h2-6H,18H2,1H3,(H,19,20). The van der Waals surface area contributed by atoms with Crippen molar-refractivity contribution in [1.82, 2.24) is 0 Å². The minimum atomic E-state index is -0.572. The summed E-state index contributed by atoms with van der Waals surface area (Å²) in [6.45, 7) is 1.84. The lowest BCUT2D eigenvalue weighted by Gasteiger charge is -2.10. The van der Waals surface area contributed by atoms with Crippen molar-refractivity contribution in [2.45, 2.75) is 6.92 Å². The third kappa shape index (κ3) is 3.03. The van der Waals surface area contributed by atoms with Crippen molar-refractivity contribution in [3.8, 4) is 0 Å². The van der Waals surface area contributed by atoms with E-state index in [-0.39, 0.29) is 15.7 Å². The van der Waals surface area contributed by atoms with Gasteiger partial charge in [-0.15, -0.1) is 0 Å². The molecule has 0 saturated carbocycles. The number of carbonyl (C=O) groups excluding carboxylic acids is 1. The van der Waals surface area contributed by atoms with Crippen LogP contribution in [0.2, 0.25) is 10.0 Å². The summed E-state index contributed by atoms with van der Waals surface area (Å²) in [4.78, 5) is 12.1. The van der Waals surface area contributed by atoms with E-state index in [0.717, 1.165) is 17.7 Å². The predicted molar refractivity (Wildman–Crippen MR) is 80.0 cm³/mol. The van der Waals surface area contributed by atoms with Gasteiger partial charge < -0.3 is 11.1 Å². The van der Waals surface area contributed by atoms with Gasteiger partial charge >= 0.3 is 0 Å². The molecule has 6 heteroatoms. The van der Waals surface area contributed by atoms with Crippen molar-refractivity contribution >= 4 is 40.5 Å². The molecule has 0 fully saturated rings. The van der Waals surface area contributed by atoms with Gasteiger partial charge in [0.2, 0.25) is 0 Å². The molecule has 3 N–H and O–H groups in total. The van der Waals surface area contributed by atoms with Gasteiger partial charge in [0.1, 0.15) is 5.82 Å². The quantitative estimate of drug-likeness (QED) is 0.813. The van der Waals surface area contributed by atoms with E-state index in [1.165, 1.54) is 0 Å². The molecule has 2 aromatic rings. The fraction of sp³-hybridized carbons (Fsp3) is 0.0714. The van der Waals surface area contributed by atoms with E-state index >= 15 is 0 Å². The van der Waals surface area contributed by atoms with Crippen LogP contribution in [0.1, 0.15) is 15.9 Å². The van der Waals surface area contributed by atoms with Gasteiger partial charge in [0.05, 0.1) is 15.7 Å². The van der Waals surface area contributed by atoms with Crippen molar-refractivity contribution < 1.29 is 9.18 Å². The molecule has 0 aliphatic carbocycles. The van der Waals surface area contributed by atoms with Gasteiger partial charge in [-0.1, -0.05) is 29.3 Å². The Morgan fingerprint density at radius 1 is 1.20 bits per heavy atom. The Morgan fingerprint density at radius 3 is 2.35 bits per heavy atom. The molecule has 0 radical (unpaired) electrons. The number of amides is 1. The first-order chi connectivity index (χ1) is 9.38. The molecule has 0 aromatic heterocycles. The lowest BCUT2D eigenvalue weighted by atomic mass is 10.1. The fourth-order valence-electron chi connectivity index (χ4n) is 1.63. The summed E-state index contributed by atoms with van der Waals surface area (Å²) in [5, 5.41) is 2.61. The lowest BCUT2D eigenvalue weighted by molar-refractivity contribution is 0.102. The molecule has 2 rings (SSSR count). The number of hydrogen-bond acceptors (Lipinski definition) is 2. The summed E-state index contributed by atoms with van der Waals surface area (Å²) in [5.41, 5.74) is 7.66. The van der Waals surface area contributed by atoms with Gasteiger partial charge in [-0.25, -0.2) is 4.39 Å². The van der Waals surface area contributed by atoms with Crippen LogP contribution in [-0.4, -0.2) is 5.91 Å². The van der Waals surface area contributed by atoms with E-state index in [0.29, 0.717) is 11.3 Å². The van der Waals surface area contributed by atoms with E-state index in [1.54, 1.807) is 18.2 Å². The number of halogens is 3. The second kappa shape index (κ2) is 5.69. The van der Waals surface area contributed by atoms with Crippen molar-refractivity contribution in [3.05, 3.63) is 57.3 Å². The van der Waals surface area contributed by atoms with Crippen LogP contribution in [-0.2, 0) is 0 Å². The number of nitrogens with one attached hydrogen (secondary N) is 1. The molecule has 0 spiro atoms. The highest BCUT2D eigenvalue weighted by molar-refractivity contribution is 6.40. The van der Waals surface area contributed by atoms with Crippen LogP contribution in [0.3, 0.4) is 0 Å². The zero-order chi connectivity index (χ0) is 14.9. The zero-order valence-corrected chi connectivity index (χ0v) is 12.0. The molecule has 0 heterocycles. The van der Waals surface area contributed by atoms with Crippen LogP contribution < -0.4 is 11.1 Å². The van der Waals surface area contributed by atoms with Crippen LogP contribution in [0.4, 0.5) is 15.8 Å². The molecule has 0 atom stereocenters. The summed E-state index contributed by atoms with van der Waals surface area (Å²) in [6.07, 6.45) is 0. The molecule has 0 aliphatic rings. The van der Waals surface area contributed by atoms with Gasteiger partial charge in [0, 0.05) is 11.3 Å². The second-order valence-corrected chi connectivity index (χ2v) is 5.08. The van der Waals surface area contributed by atoms with Crippen LogP contribution in [0, 0.1) is 12.7 Å². The van der Waals surface area contributed by atoms with Gasteiger partial charge in [0.25, 0.3) is 5.91 Å². The molecular formula is C14H11Cl2FN2O. The first-order valence-corrected chi connectivity index (χ1v) is 6.46. The highest BCUT2D eigenvalue weighted by Crippen LogP contribution is 2.31. The number of rotatable bonds is 2. The number of hydrogen-bond donors (Lipinski definition) is 2. The van der Waals surface area contributed by atoms with E-state index in [9.17, 15) is 9.18 Å².